The highest BCUT2D eigenvalue weighted by molar-refractivity contribution is 6.09. The van der Waals surface area contributed by atoms with Gasteiger partial charge in [0.1, 0.15) is 5.52 Å². The first kappa shape index (κ1) is 16.1. The molecule has 0 aliphatic rings. The summed E-state index contributed by atoms with van der Waals surface area (Å²) in [7, 11) is 0. The average Bonchev–Trinajstić information content (AvgIpc) is 3.34. The van der Waals surface area contributed by atoms with Crippen LogP contribution in [-0.4, -0.2) is 9.55 Å². The van der Waals surface area contributed by atoms with Gasteiger partial charge < -0.3 is 8.98 Å². The minimum absolute atomic E-state index is 0.656. The van der Waals surface area contributed by atoms with E-state index in [2.05, 4.69) is 82.3 Å². The Bertz CT molecular complexity index is 1450. The number of benzene rings is 4. The molecule has 0 N–H and O–H groups in total. The lowest BCUT2D eigenvalue weighted by atomic mass is 10.2. The lowest BCUT2D eigenvalue weighted by molar-refractivity contribution is 0.617. The molecule has 6 aromatic rings. The number of nitrogens with zero attached hydrogens (tertiary/aromatic N) is 2. The summed E-state index contributed by atoms with van der Waals surface area (Å²) in [6, 6.07) is 31.6. The monoisotopic (exact) mass is 374 g/mol. The van der Waals surface area contributed by atoms with Crippen molar-refractivity contribution in [1.82, 2.24) is 9.55 Å². The van der Waals surface area contributed by atoms with Crippen LogP contribution in [0.3, 0.4) is 0 Å². The molecule has 0 saturated carbocycles. The molecule has 0 spiro atoms. The average molecular weight is 374 g/mol. The molecule has 0 fully saturated rings. The van der Waals surface area contributed by atoms with Crippen LogP contribution in [0.1, 0.15) is 5.56 Å². The van der Waals surface area contributed by atoms with Gasteiger partial charge in [0, 0.05) is 22.0 Å². The Hall–Kier alpha value is -3.85. The molecule has 2 aromatic heterocycles. The van der Waals surface area contributed by atoms with Crippen molar-refractivity contribution in [2.45, 2.75) is 6.92 Å². The Labute approximate surface area is 167 Å². The number of rotatable bonds is 2. The lowest BCUT2D eigenvalue weighted by Crippen LogP contribution is -1.93. The zero-order valence-electron chi connectivity index (χ0n) is 16.0. The smallest absolute Gasteiger partial charge is 0.227 e. The highest BCUT2D eigenvalue weighted by Gasteiger charge is 2.13. The van der Waals surface area contributed by atoms with Crippen molar-refractivity contribution in [3.63, 3.8) is 0 Å². The Morgan fingerprint density at radius 3 is 2.00 bits per heavy atom. The molecule has 0 aliphatic heterocycles. The Morgan fingerprint density at radius 2 is 1.34 bits per heavy atom. The van der Waals surface area contributed by atoms with Crippen LogP contribution in [-0.2, 0) is 0 Å². The molecule has 6 rings (SSSR count). The Balaban J connectivity index is 1.51. The zero-order valence-corrected chi connectivity index (χ0v) is 16.0. The molecule has 0 unspecified atom stereocenters. The molecule has 0 amide bonds. The van der Waals surface area contributed by atoms with Crippen molar-refractivity contribution in [1.29, 1.82) is 0 Å². The quantitative estimate of drug-likeness (QED) is 0.330. The highest BCUT2D eigenvalue weighted by atomic mass is 16.3. The second-order valence-electron chi connectivity index (χ2n) is 7.36. The van der Waals surface area contributed by atoms with Gasteiger partial charge in [-0.2, -0.15) is 0 Å². The zero-order chi connectivity index (χ0) is 19.4. The fourth-order valence-electron chi connectivity index (χ4n) is 4.16. The van der Waals surface area contributed by atoms with E-state index in [1.165, 1.54) is 21.8 Å². The summed E-state index contributed by atoms with van der Waals surface area (Å²) >= 11 is 0. The van der Waals surface area contributed by atoms with E-state index < -0.39 is 0 Å². The molecule has 3 nitrogen and oxygen atoms in total. The van der Waals surface area contributed by atoms with E-state index in [1.54, 1.807) is 0 Å². The molecule has 2 heterocycles. The largest absolute Gasteiger partial charge is 0.436 e. The summed E-state index contributed by atoms with van der Waals surface area (Å²) in [6.45, 7) is 2.04. The van der Waals surface area contributed by atoms with Crippen LogP contribution in [0.2, 0.25) is 0 Å². The van der Waals surface area contributed by atoms with E-state index in [0.717, 1.165) is 27.9 Å². The normalized spacial score (nSPS) is 11.6. The molecule has 4 aromatic carbocycles. The number of para-hydroxylation sites is 3. The van der Waals surface area contributed by atoms with Crippen LogP contribution in [0.5, 0.6) is 0 Å². The topological polar surface area (TPSA) is 31.0 Å². The molecule has 0 saturated heterocycles. The second kappa shape index (κ2) is 6.08. The third-order valence-electron chi connectivity index (χ3n) is 5.56. The van der Waals surface area contributed by atoms with E-state index in [0.29, 0.717) is 5.89 Å². The van der Waals surface area contributed by atoms with Crippen molar-refractivity contribution in [2.24, 2.45) is 0 Å². The first-order chi connectivity index (χ1) is 14.3. The highest BCUT2D eigenvalue weighted by Crippen LogP contribution is 2.33. The maximum atomic E-state index is 6.04. The second-order valence-corrected chi connectivity index (χ2v) is 7.36. The SMILES string of the molecule is Cc1cccc2nc(-c3ccc(-n4c5ccccc5c5ccccc54)cc3)oc12. The van der Waals surface area contributed by atoms with Crippen LogP contribution in [0.25, 0.3) is 50.0 Å². The van der Waals surface area contributed by atoms with Crippen LogP contribution in [0.4, 0.5) is 0 Å². The van der Waals surface area contributed by atoms with Gasteiger partial charge in [0.25, 0.3) is 0 Å². The maximum Gasteiger partial charge on any atom is 0.227 e. The predicted molar refractivity (Wildman–Crippen MR) is 119 cm³/mol. The van der Waals surface area contributed by atoms with E-state index in [9.17, 15) is 0 Å². The fraction of sp³-hybridized carbons (Fsp3) is 0.0385. The van der Waals surface area contributed by atoms with Crippen molar-refractivity contribution in [2.75, 3.05) is 0 Å². The van der Waals surface area contributed by atoms with E-state index in [4.69, 9.17) is 4.42 Å². The van der Waals surface area contributed by atoms with Crippen molar-refractivity contribution in [3.05, 3.63) is 96.6 Å². The van der Waals surface area contributed by atoms with Gasteiger partial charge in [-0.15, -0.1) is 0 Å². The van der Waals surface area contributed by atoms with Gasteiger partial charge in [-0.05, 0) is 55.0 Å². The first-order valence-corrected chi connectivity index (χ1v) is 9.75. The van der Waals surface area contributed by atoms with Crippen molar-refractivity contribution in [3.8, 4) is 17.1 Å². The molecule has 0 radical (unpaired) electrons. The van der Waals surface area contributed by atoms with Crippen LogP contribution in [0.15, 0.2) is 95.4 Å². The summed E-state index contributed by atoms with van der Waals surface area (Å²) in [6.07, 6.45) is 0. The van der Waals surface area contributed by atoms with Gasteiger partial charge in [0.2, 0.25) is 5.89 Å². The number of fused-ring (bicyclic) bond motifs is 4. The lowest BCUT2D eigenvalue weighted by Gasteiger charge is -2.08. The number of oxazole rings is 1. The molecular weight excluding hydrogens is 356 g/mol. The number of aromatic nitrogens is 2. The maximum absolute atomic E-state index is 6.04. The van der Waals surface area contributed by atoms with Gasteiger partial charge in [-0.25, -0.2) is 4.98 Å². The molecular formula is C26H18N2O. The summed E-state index contributed by atoms with van der Waals surface area (Å²) in [4.78, 5) is 4.66. The summed E-state index contributed by atoms with van der Waals surface area (Å²) in [5, 5.41) is 2.53. The number of aryl methyl sites for hydroxylation is 1. The summed E-state index contributed by atoms with van der Waals surface area (Å²) in [5.74, 6) is 0.656. The third kappa shape index (κ3) is 2.41. The predicted octanol–water partition coefficient (Wildman–Crippen LogP) is 6.90. The fourth-order valence-corrected chi connectivity index (χ4v) is 4.16. The van der Waals surface area contributed by atoms with Gasteiger partial charge in [-0.3, -0.25) is 0 Å². The summed E-state index contributed by atoms with van der Waals surface area (Å²) in [5.41, 5.74) is 7.37. The molecule has 138 valence electrons. The van der Waals surface area contributed by atoms with Gasteiger partial charge in [0.15, 0.2) is 5.58 Å². The van der Waals surface area contributed by atoms with Crippen LogP contribution < -0.4 is 0 Å². The molecule has 3 heteroatoms. The van der Waals surface area contributed by atoms with Crippen molar-refractivity contribution < 1.29 is 4.42 Å². The standard InChI is InChI=1S/C26H18N2O/c1-17-7-6-10-22-25(17)29-26(27-22)18-13-15-19(16-14-18)28-23-11-4-2-8-20(23)21-9-3-5-12-24(21)28/h2-16H,1H3. The Morgan fingerprint density at radius 1 is 0.690 bits per heavy atom. The van der Waals surface area contributed by atoms with E-state index in [1.807, 2.05) is 25.1 Å². The summed E-state index contributed by atoms with van der Waals surface area (Å²) < 4.78 is 8.35. The third-order valence-corrected chi connectivity index (χ3v) is 5.56. The number of hydrogen-bond acceptors (Lipinski definition) is 2. The van der Waals surface area contributed by atoms with Crippen LogP contribution >= 0.6 is 0 Å². The molecule has 0 aliphatic carbocycles. The van der Waals surface area contributed by atoms with Gasteiger partial charge in [0.05, 0.1) is 11.0 Å². The van der Waals surface area contributed by atoms with E-state index >= 15 is 0 Å². The molecule has 29 heavy (non-hydrogen) atoms. The van der Waals surface area contributed by atoms with Crippen LogP contribution in [0, 0.1) is 6.92 Å². The minimum atomic E-state index is 0.656. The van der Waals surface area contributed by atoms with E-state index in [-0.39, 0.29) is 0 Å². The molecule has 0 atom stereocenters. The minimum Gasteiger partial charge on any atom is -0.436 e. The number of hydrogen-bond donors (Lipinski definition) is 0. The first-order valence-electron chi connectivity index (χ1n) is 9.75. The van der Waals surface area contributed by atoms with Crippen molar-refractivity contribution >= 4 is 32.9 Å². The molecule has 0 bridgehead atoms. The Kier molecular flexibility index (Phi) is 3.38. The van der Waals surface area contributed by atoms with Gasteiger partial charge >= 0.3 is 0 Å². The van der Waals surface area contributed by atoms with Gasteiger partial charge in [-0.1, -0.05) is 48.5 Å².